The van der Waals surface area contributed by atoms with Gasteiger partial charge in [0.15, 0.2) is 0 Å². The van der Waals surface area contributed by atoms with E-state index in [1.54, 1.807) is 6.26 Å². The highest BCUT2D eigenvalue weighted by Gasteiger charge is 2.33. The summed E-state index contributed by atoms with van der Waals surface area (Å²) in [6.45, 7) is 3.39. The molecule has 2 atom stereocenters. The summed E-state index contributed by atoms with van der Waals surface area (Å²) < 4.78 is 5.32. The molecule has 1 fully saturated rings. The third-order valence-corrected chi connectivity index (χ3v) is 3.93. The summed E-state index contributed by atoms with van der Waals surface area (Å²) in [4.78, 5) is 16.5. The van der Waals surface area contributed by atoms with Gasteiger partial charge in [0.1, 0.15) is 5.76 Å². The average Bonchev–Trinajstić information content (AvgIpc) is 2.88. The van der Waals surface area contributed by atoms with Crippen LogP contribution < -0.4 is 0 Å². The molecule has 1 amide bonds. The van der Waals surface area contributed by atoms with Gasteiger partial charge in [0, 0.05) is 19.2 Å². The number of hydrogen-bond acceptors (Lipinski definition) is 4. The van der Waals surface area contributed by atoms with E-state index >= 15 is 0 Å². The normalized spacial score (nSPS) is 25.6. The first-order chi connectivity index (χ1) is 9.13. The lowest BCUT2D eigenvalue weighted by Gasteiger charge is -2.29. The Labute approximate surface area is 113 Å². The molecule has 1 aliphatic heterocycles. The lowest BCUT2D eigenvalue weighted by atomic mass is 10.1. The van der Waals surface area contributed by atoms with Gasteiger partial charge in [0.2, 0.25) is 5.91 Å². The molecule has 0 saturated carbocycles. The maximum absolute atomic E-state index is 12.5. The van der Waals surface area contributed by atoms with Gasteiger partial charge in [-0.05, 0) is 38.9 Å². The van der Waals surface area contributed by atoms with Gasteiger partial charge >= 0.3 is 0 Å². The molecule has 0 spiro atoms. The van der Waals surface area contributed by atoms with Crippen LogP contribution in [-0.2, 0) is 11.3 Å². The Bertz CT molecular complexity index is 405. The number of carbonyl (C=O) groups is 1. The van der Waals surface area contributed by atoms with E-state index in [0.717, 1.165) is 18.7 Å². The Morgan fingerprint density at radius 3 is 2.95 bits per heavy atom. The maximum atomic E-state index is 12.5. The van der Waals surface area contributed by atoms with Gasteiger partial charge < -0.3 is 14.4 Å². The summed E-state index contributed by atoms with van der Waals surface area (Å²) in [6.07, 6.45) is 3.04. The van der Waals surface area contributed by atoms with Crippen LogP contribution in [0.5, 0.6) is 0 Å². The third-order valence-electron chi connectivity index (χ3n) is 3.93. The van der Waals surface area contributed by atoms with E-state index in [1.165, 1.54) is 0 Å². The molecule has 2 heterocycles. The van der Waals surface area contributed by atoms with Crippen molar-refractivity contribution in [3.63, 3.8) is 0 Å². The van der Waals surface area contributed by atoms with Crippen molar-refractivity contribution in [2.45, 2.75) is 38.4 Å². The predicted molar refractivity (Wildman–Crippen MR) is 71.5 cm³/mol. The molecule has 0 aromatic carbocycles. The first-order valence-corrected chi connectivity index (χ1v) is 6.77. The number of aliphatic hydroxyl groups is 1. The Balaban J connectivity index is 2.13. The monoisotopic (exact) mass is 266 g/mol. The van der Waals surface area contributed by atoms with Crippen molar-refractivity contribution in [2.24, 2.45) is 0 Å². The fraction of sp³-hybridized carbons (Fsp3) is 0.643. The standard InChI is InChI=1S/C14H22N2O3/c1-11-5-7-16(10-12-4-3-9-19-12)14(18)13(6-8-17)15(11)2/h3-4,9,11,13,17H,5-8,10H2,1-2H3. The molecule has 0 bridgehead atoms. The van der Waals surface area contributed by atoms with Crippen molar-refractivity contribution in [1.82, 2.24) is 9.80 Å². The van der Waals surface area contributed by atoms with Gasteiger partial charge in [-0.2, -0.15) is 0 Å². The van der Waals surface area contributed by atoms with Crippen LogP contribution in [0.1, 0.15) is 25.5 Å². The van der Waals surface area contributed by atoms with Gasteiger partial charge in [0.05, 0.1) is 18.8 Å². The van der Waals surface area contributed by atoms with Crippen molar-refractivity contribution < 1.29 is 14.3 Å². The van der Waals surface area contributed by atoms with Gasteiger partial charge in [-0.3, -0.25) is 9.69 Å². The molecular weight excluding hydrogens is 244 g/mol. The van der Waals surface area contributed by atoms with E-state index in [9.17, 15) is 4.79 Å². The fourth-order valence-corrected chi connectivity index (χ4v) is 2.55. The Morgan fingerprint density at radius 1 is 1.53 bits per heavy atom. The molecule has 1 aliphatic rings. The van der Waals surface area contributed by atoms with E-state index in [2.05, 4.69) is 11.8 Å². The lowest BCUT2D eigenvalue weighted by Crippen LogP contribution is -2.46. The van der Waals surface area contributed by atoms with Crippen molar-refractivity contribution in [3.8, 4) is 0 Å². The third kappa shape index (κ3) is 3.16. The van der Waals surface area contributed by atoms with Crippen LogP contribution in [0, 0.1) is 0 Å². The zero-order chi connectivity index (χ0) is 13.8. The second-order valence-corrected chi connectivity index (χ2v) is 5.17. The van der Waals surface area contributed by atoms with Gasteiger partial charge in [0.25, 0.3) is 0 Å². The summed E-state index contributed by atoms with van der Waals surface area (Å²) in [5, 5.41) is 9.16. The number of nitrogens with zero attached hydrogens (tertiary/aromatic N) is 2. The molecule has 2 unspecified atom stereocenters. The van der Waals surface area contributed by atoms with E-state index in [0.29, 0.717) is 19.0 Å². The number of hydrogen-bond donors (Lipinski definition) is 1. The minimum absolute atomic E-state index is 0.0298. The SMILES string of the molecule is CC1CCN(Cc2ccco2)C(=O)C(CCO)N1C. The van der Waals surface area contributed by atoms with E-state index in [4.69, 9.17) is 9.52 Å². The molecule has 0 radical (unpaired) electrons. The van der Waals surface area contributed by atoms with E-state index in [-0.39, 0.29) is 18.6 Å². The first kappa shape index (κ1) is 14.1. The average molecular weight is 266 g/mol. The molecule has 2 rings (SSSR count). The molecule has 106 valence electrons. The Kier molecular flexibility index (Phi) is 4.61. The highest BCUT2D eigenvalue weighted by Crippen LogP contribution is 2.19. The zero-order valence-corrected chi connectivity index (χ0v) is 11.6. The molecular formula is C14H22N2O3. The Hall–Kier alpha value is -1.33. The maximum Gasteiger partial charge on any atom is 0.240 e. The number of carbonyl (C=O) groups excluding carboxylic acids is 1. The van der Waals surface area contributed by atoms with Crippen molar-refractivity contribution in [1.29, 1.82) is 0 Å². The summed E-state index contributed by atoms with van der Waals surface area (Å²) in [5.41, 5.74) is 0. The molecule has 1 saturated heterocycles. The van der Waals surface area contributed by atoms with Gasteiger partial charge in [-0.15, -0.1) is 0 Å². The van der Waals surface area contributed by atoms with Crippen LogP contribution in [0.15, 0.2) is 22.8 Å². The summed E-state index contributed by atoms with van der Waals surface area (Å²) in [6, 6.07) is 3.81. The summed E-state index contributed by atoms with van der Waals surface area (Å²) in [5.74, 6) is 0.880. The number of furan rings is 1. The van der Waals surface area contributed by atoms with Crippen LogP contribution in [0.2, 0.25) is 0 Å². The van der Waals surface area contributed by atoms with Gasteiger partial charge in [-0.1, -0.05) is 0 Å². The van der Waals surface area contributed by atoms with Crippen LogP contribution in [-0.4, -0.2) is 53.1 Å². The molecule has 1 aromatic rings. The smallest absolute Gasteiger partial charge is 0.240 e. The quantitative estimate of drug-likeness (QED) is 0.886. The van der Waals surface area contributed by atoms with Crippen molar-refractivity contribution >= 4 is 5.91 Å². The number of aliphatic hydroxyl groups excluding tert-OH is 1. The first-order valence-electron chi connectivity index (χ1n) is 6.77. The molecule has 5 nitrogen and oxygen atoms in total. The zero-order valence-electron chi connectivity index (χ0n) is 11.6. The minimum atomic E-state index is -0.238. The Morgan fingerprint density at radius 2 is 2.32 bits per heavy atom. The second-order valence-electron chi connectivity index (χ2n) is 5.17. The van der Waals surface area contributed by atoms with Crippen molar-refractivity contribution in [3.05, 3.63) is 24.2 Å². The molecule has 1 aromatic heterocycles. The van der Waals surface area contributed by atoms with Crippen LogP contribution in [0.3, 0.4) is 0 Å². The predicted octanol–water partition coefficient (Wildman–Crippen LogP) is 1.08. The molecule has 1 N–H and O–H groups in total. The lowest BCUT2D eigenvalue weighted by molar-refractivity contribution is -0.136. The van der Waals surface area contributed by atoms with Crippen LogP contribution in [0.4, 0.5) is 0 Å². The summed E-state index contributed by atoms with van der Waals surface area (Å²) in [7, 11) is 1.96. The molecule has 19 heavy (non-hydrogen) atoms. The largest absolute Gasteiger partial charge is 0.467 e. The highest BCUT2D eigenvalue weighted by molar-refractivity contribution is 5.82. The van der Waals surface area contributed by atoms with Crippen molar-refractivity contribution in [2.75, 3.05) is 20.2 Å². The summed E-state index contributed by atoms with van der Waals surface area (Å²) >= 11 is 0. The number of likely N-dealkylation sites (N-methyl/N-ethyl adjacent to an activating group) is 1. The number of amides is 1. The van der Waals surface area contributed by atoms with Gasteiger partial charge in [-0.25, -0.2) is 0 Å². The van der Waals surface area contributed by atoms with E-state index in [1.807, 2.05) is 24.1 Å². The fourth-order valence-electron chi connectivity index (χ4n) is 2.55. The van der Waals surface area contributed by atoms with Crippen LogP contribution in [0.25, 0.3) is 0 Å². The minimum Gasteiger partial charge on any atom is -0.467 e. The molecule has 5 heteroatoms. The van der Waals surface area contributed by atoms with E-state index < -0.39 is 0 Å². The number of rotatable bonds is 4. The van der Waals surface area contributed by atoms with Crippen LogP contribution >= 0.6 is 0 Å². The second kappa shape index (κ2) is 6.21. The topological polar surface area (TPSA) is 56.9 Å². The highest BCUT2D eigenvalue weighted by atomic mass is 16.3. The molecule has 0 aliphatic carbocycles.